The summed E-state index contributed by atoms with van der Waals surface area (Å²) in [4.78, 5) is 10.2. The van der Waals surface area contributed by atoms with Gasteiger partial charge in [-0.15, -0.1) is 11.6 Å². The first-order valence-electron chi connectivity index (χ1n) is 3.70. The maximum atomic E-state index is 5.70. The van der Waals surface area contributed by atoms with E-state index < -0.39 is 0 Å². The summed E-state index contributed by atoms with van der Waals surface area (Å²) in [6, 6.07) is 0. The first-order valence-corrected chi connectivity index (χ1v) is 4.24. The molecule has 1 rings (SSSR count). The van der Waals surface area contributed by atoms with Crippen LogP contribution in [0.4, 0.5) is 5.82 Å². The van der Waals surface area contributed by atoms with Gasteiger partial charge in [0.2, 0.25) is 0 Å². The molecule has 0 aliphatic carbocycles. The molecule has 0 aliphatic heterocycles. The Balaban J connectivity index is 3.14. The van der Waals surface area contributed by atoms with Crippen LogP contribution in [0.1, 0.15) is 11.3 Å². The van der Waals surface area contributed by atoms with Crippen LogP contribution in [0.3, 0.4) is 0 Å². The van der Waals surface area contributed by atoms with Gasteiger partial charge in [-0.1, -0.05) is 0 Å². The summed E-state index contributed by atoms with van der Waals surface area (Å²) >= 11 is 5.70. The molecule has 0 N–H and O–H groups in total. The van der Waals surface area contributed by atoms with Crippen LogP contribution in [0.15, 0.2) is 6.33 Å². The maximum absolute atomic E-state index is 5.70. The summed E-state index contributed by atoms with van der Waals surface area (Å²) < 4.78 is 0. The lowest BCUT2D eigenvalue weighted by Crippen LogP contribution is -2.13. The molecule has 0 unspecified atom stereocenters. The van der Waals surface area contributed by atoms with Crippen LogP contribution >= 0.6 is 11.6 Å². The Morgan fingerprint density at radius 1 is 1.42 bits per heavy atom. The van der Waals surface area contributed by atoms with Gasteiger partial charge < -0.3 is 4.90 Å². The summed E-state index contributed by atoms with van der Waals surface area (Å²) in [5, 5.41) is 0. The number of alkyl halides is 1. The number of rotatable bonds is 2. The number of aromatic nitrogens is 2. The van der Waals surface area contributed by atoms with Crippen LogP contribution in [-0.4, -0.2) is 24.1 Å². The molecule has 0 atom stereocenters. The van der Waals surface area contributed by atoms with Crippen molar-refractivity contribution in [1.82, 2.24) is 9.97 Å². The number of hydrogen-bond donors (Lipinski definition) is 0. The first kappa shape index (κ1) is 9.26. The molecule has 0 saturated carbocycles. The third-order valence-corrected chi connectivity index (χ3v) is 1.97. The molecule has 4 heteroatoms. The Morgan fingerprint density at radius 3 is 2.58 bits per heavy atom. The lowest BCUT2D eigenvalue weighted by atomic mass is 10.2. The summed E-state index contributed by atoms with van der Waals surface area (Å²) in [5.41, 5.74) is 1.95. The van der Waals surface area contributed by atoms with Gasteiger partial charge in [-0.3, -0.25) is 0 Å². The van der Waals surface area contributed by atoms with Crippen molar-refractivity contribution in [3.8, 4) is 0 Å². The molecule has 0 fully saturated rings. The minimum Gasteiger partial charge on any atom is -0.362 e. The van der Waals surface area contributed by atoms with Gasteiger partial charge >= 0.3 is 0 Å². The average molecular weight is 186 g/mol. The summed E-state index contributed by atoms with van der Waals surface area (Å²) in [5.74, 6) is 1.37. The predicted octanol–water partition coefficient (Wildman–Crippen LogP) is 1.59. The van der Waals surface area contributed by atoms with Crippen LogP contribution in [-0.2, 0) is 5.88 Å². The van der Waals surface area contributed by atoms with Gasteiger partial charge in [0.1, 0.15) is 12.1 Å². The van der Waals surface area contributed by atoms with Gasteiger partial charge in [0.05, 0.1) is 11.6 Å². The summed E-state index contributed by atoms with van der Waals surface area (Å²) in [6.07, 6.45) is 1.54. The van der Waals surface area contributed by atoms with E-state index >= 15 is 0 Å². The predicted molar refractivity (Wildman–Crippen MR) is 50.7 cm³/mol. The first-order chi connectivity index (χ1) is 5.66. The molecule has 0 aliphatic rings. The SMILES string of the molecule is Cc1c(CCl)ncnc1N(C)C. The second-order valence-corrected chi connectivity index (χ2v) is 3.06. The van der Waals surface area contributed by atoms with E-state index in [-0.39, 0.29) is 0 Å². The molecule has 66 valence electrons. The van der Waals surface area contributed by atoms with Crippen LogP contribution in [0.25, 0.3) is 0 Å². The minimum atomic E-state index is 0.440. The highest BCUT2D eigenvalue weighted by Crippen LogP contribution is 2.16. The molecule has 1 aromatic heterocycles. The number of hydrogen-bond acceptors (Lipinski definition) is 3. The molecule has 0 bridgehead atoms. The van der Waals surface area contributed by atoms with Crippen molar-refractivity contribution in [2.24, 2.45) is 0 Å². The van der Waals surface area contributed by atoms with Gasteiger partial charge in [0.25, 0.3) is 0 Å². The van der Waals surface area contributed by atoms with Crippen molar-refractivity contribution in [2.75, 3.05) is 19.0 Å². The van der Waals surface area contributed by atoms with E-state index in [9.17, 15) is 0 Å². The fraction of sp³-hybridized carbons (Fsp3) is 0.500. The van der Waals surface area contributed by atoms with E-state index in [0.29, 0.717) is 5.88 Å². The standard InChI is InChI=1S/C8H12ClN3/c1-6-7(4-9)10-5-11-8(6)12(2)3/h5H,4H2,1-3H3. The highest BCUT2D eigenvalue weighted by molar-refractivity contribution is 6.17. The normalized spacial score (nSPS) is 10.0. The van der Waals surface area contributed by atoms with Gasteiger partial charge in [-0.05, 0) is 6.92 Å². The molecule has 0 aromatic carbocycles. The maximum Gasteiger partial charge on any atom is 0.134 e. The Morgan fingerprint density at radius 2 is 2.08 bits per heavy atom. The van der Waals surface area contributed by atoms with Gasteiger partial charge in [0.15, 0.2) is 0 Å². The third kappa shape index (κ3) is 1.67. The zero-order chi connectivity index (χ0) is 9.14. The second kappa shape index (κ2) is 3.72. The monoisotopic (exact) mass is 185 g/mol. The minimum absolute atomic E-state index is 0.440. The zero-order valence-electron chi connectivity index (χ0n) is 7.50. The summed E-state index contributed by atoms with van der Waals surface area (Å²) in [6.45, 7) is 1.98. The Labute approximate surface area is 77.4 Å². The third-order valence-electron chi connectivity index (χ3n) is 1.71. The number of halogens is 1. The molecular weight excluding hydrogens is 174 g/mol. The zero-order valence-corrected chi connectivity index (χ0v) is 8.26. The highest BCUT2D eigenvalue weighted by atomic mass is 35.5. The smallest absolute Gasteiger partial charge is 0.134 e. The van der Waals surface area contributed by atoms with E-state index in [1.165, 1.54) is 0 Å². The van der Waals surface area contributed by atoms with Crippen molar-refractivity contribution in [3.05, 3.63) is 17.6 Å². The fourth-order valence-corrected chi connectivity index (χ4v) is 1.33. The topological polar surface area (TPSA) is 29.0 Å². The van der Waals surface area contributed by atoms with Gasteiger partial charge in [0, 0.05) is 19.7 Å². The molecule has 0 amide bonds. The molecule has 1 heterocycles. The molecule has 12 heavy (non-hydrogen) atoms. The lowest BCUT2D eigenvalue weighted by molar-refractivity contribution is 0.979. The second-order valence-electron chi connectivity index (χ2n) is 2.80. The highest BCUT2D eigenvalue weighted by Gasteiger charge is 2.06. The molecule has 0 saturated heterocycles. The van der Waals surface area contributed by atoms with Gasteiger partial charge in [-0.25, -0.2) is 9.97 Å². The lowest BCUT2D eigenvalue weighted by Gasteiger charge is -2.14. The van der Waals surface area contributed by atoms with Crippen LogP contribution < -0.4 is 4.90 Å². The Bertz CT molecular complexity index is 273. The largest absolute Gasteiger partial charge is 0.362 e. The Kier molecular flexibility index (Phi) is 2.87. The quantitative estimate of drug-likeness (QED) is 0.656. The van der Waals surface area contributed by atoms with E-state index in [1.807, 2.05) is 25.9 Å². The van der Waals surface area contributed by atoms with E-state index in [2.05, 4.69) is 9.97 Å². The van der Waals surface area contributed by atoms with Gasteiger partial charge in [-0.2, -0.15) is 0 Å². The van der Waals surface area contributed by atoms with Crippen molar-refractivity contribution < 1.29 is 0 Å². The van der Waals surface area contributed by atoms with Crippen molar-refractivity contribution in [2.45, 2.75) is 12.8 Å². The van der Waals surface area contributed by atoms with E-state index in [4.69, 9.17) is 11.6 Å². The van der Waals surface area contributed by atoms with Crippen LogP contribution in [0.2, 0.25) is 0 Å². The van der Waals surface area contributed by atoms with Crippen molar-refractivity contribution in [3.63, 3.8) is 0 Å². The van der Waals surface area contributed by atoms with E-state index in [0.717, 1.165) is 17.1 Å². The summed E-state index contributed by atoms with van der Waals surface area (Å²) in [7, 11) is 3.90. The molecule has 1 aromatic rings. The van der Waals surface area contributed by atoms with Crippen molar-refractivity contribution in [1.29, 1.82) is 0 Å². The molecule has 0 spiro atoms. The fourth-order valence-electron chi connectivity index (χ4n) is 1.06. The van der Waals surface area contributed by atoms with Crippen LogP contribution in [0.5, 0.6) is 0 Å². The Hall–Kier alpha value is -0.830. The molecule has 0 radical (unpaired) electrons. The average Bonchev–Trinajstić information content (AvgIpc) is 2.04. The number of nitrogens with zero attached hydrogens (tertiary/aromatic N) is 3. The number of anilines is 1. The van der Waals surface area contributed by atoms with Crippen LogP contribution in [0, 0.1) is 6.92 Å². The molecular formula is C8H12ClN3. The molecule has 3 nitrogen and oxygen atoms in total. The van der Waals surface area contributed by atoms with Crippen molar-refractivity contribution >= 4 is 17.4 Å². The van der Waals surface area contributed by atoms with E-state index in [1.54, 1.807) is 6.33 Å².